The van der Waals surface area contributed by atoms with Crippen LogP contribution in [0, 0.1) is 46.9 Å². The maximum atomic E-state index is 15.7. The lowest BCUT2D eigenvalue weighted by atomic mass is 9.80. The standard InChI is InChI=1S/C35H31F7O/c1-2-3-4-5-21-6-8-22(9-7-21)20-43-26-11-13-28-25(17-26)19-31(37)32(34(28)39)23-10-12-27-24(16-23)18-30(36)29(33(27)38)14-15-35(40,41)42/h10-13,16-19,21-22H,2-9,20H2,1H3. The summed E-state index contributed by atoms with van der Waals surface area (Å²) in [5, 5.41) is 0.140. The van der Waals surface area contributed by atoms with Gasteiger partial charge in [0.15, 0.2) is 0 Å². The topological polar surface area (TPSA) is 9.23 Å². The van der Waals surface area contributed by atoms with E-state index in [0.29, 0.717) is 23.7 Å². The van der Waals surface area contributed by atoms with E-state index in [1.165, 1.54) is 68.7 Å². The molecule has 1 aliphatic carbocycles. The Labute approximate surface area is 246 Å². The van der Waals surface area contributed by atoms with Gasteiger partial charge in [0.25, 0.3) is 0 Å². The fourth-order valence-electron chi connectivity index (χ4n) is 5.98. The molecule has 0 aromatic heterocycles. The third-order valence-corrected chi connectivity index (χ3v) is 8.31. The van der Waals surface area contributed by atoms with Gasteiger partial charge in [-0.15, -0.1) is 0 Å². The lowest BCUT2D eigenvalue weighted by molar-refractivity contribution is -0.0696. The second kappa shape index (κ2) is 12.9. The van der Waals surface area contributed by atoms with Crippen molar-refractivity contribution in [2.45, 2.75) is 64.5 Å². The first kappa shape index (κ1) is 30.7. The van der Waals surface area contributed by atoms with Gasteiger partial charge < -0.3 is 4.74 Å². The van der Waals surface area contributed by atoms with Crippen LogP contribution in [0.5, 0.6) is 5.75 Å². The first-order chi connectivity index (χ1) is 20.5. The number of rotatable bonds is 8. The average molecular weight is 601 g/mol. The van der Waals surface area contributed by atoms with Crippen LogP contribution in [0.25, 0.3) is 32.7 Å². The van der Waals surface area contributed by atoms with Gasteiger partial charge in [-0.3, -0.25) is 0 Å². The highest BCUT2D eigenvalue weighted by Crippen LogP contribution is 2.37. The van der Waals surface area contributed by atoms with E-state index >= 15 is 8.78 Å². The molecule has 8 heteroatoms. The predicted octanol–water partition coefficient (Wildman–Crippen LogP) is 10.9. The van der Waals surface area contributed by atoms with Crippen LogP contribution in [0.3, 0.4) is 0 Å². The summed E-state index contributed by atoms with van der Waals surface area (Å²) in [5.74, 6) is -0.234. The Morgan fingerprint density at radius 3 is 2.14 bits per heavy atom. The van der Waals surface area contributed by atoms with Crippen LogP contribution < -0.4 is 4.74 Å². The summed E-state index contributed by atoms with van der Waals surface area (Å²) in [6.45, 7) is 2.76. The van der Waals surface area contributed by atoms with Gasteiger partial charge in [-0.05, 0) is 77.4 Å². The Balaban J connectivity index is 1.35. The third-order valence-electron chi connectivity index (χ3n) is 8.31. The summed E-state index contributed by atoms with van der Waals surface area (Å²) < 4.78 is 104. The van der Waals surface area contributed by atoms with Crippen LogP contribution in [0.1, 0.15) is 63.9 Å². The first-order valence-corrected chi connectivity index (χ1v) is 14.6. The molecule has 0 unspecified atom stereocenters. The van der Waals surface area contributed by atoms with Gasteiger partial charge in [0.1, 0.15) is 29.0 Å². The summed E-state index contributed by atoms with van der Waals surface area (Å²) in [6, 6.07) is 10.3. The molecule has 1 nitrogen and oxygen atoms in total. The minimum Gasteiger partial charge on any atom is -0.493 e. The van der Waals surface area contributed by atoms with Crippen LogP contribution >= 0.6 is 0 Å². The SMILES string of the molecule is CCCCCC1CCC(COc2ccc3c(F)c(-c4ccc5c(F)c(C#CC(F)(F)F)c(F)cc5c4)c(F)cc3c2)CC1. The van der Waals surface area contributed by atoms with Crippen molar-refractivity contribution < 1.29 is 35.5 Å². The molecule has 0 heterocycles. The van der Waals surface area contributed by atoms with Gasteiger partial charge in [0.2, 0.25) is 0 Å². The van der Waals surface area contributed by atoms with E-state index in [2.05, 4.69) is 6.92 Å². The van der Waals surface area contributed by atoms with Crippen molar-refractivity contribution in [2.24, 2.45) is 11.8 Å². The third kappa shape index (κ3) is 7.09. The second-order valence-corrected chi connectivity index (χ2v) is 11.4. The van der Waals surface area contributed by atoms with Crippen molar-refractivity contribution >= 4 is 21.5 Å². The molecule has 4 aromatic carbocycles. The number of fused-ring (bicyclic) bond motifs is 2. The maximum Gasteiger partial charge on any atom is 0.458 e. The molecular formula is C35H31F7O. The molecule has 43 heavy (non-hydrogen) atoms. The van der Waals surface area contributed by atoms with Crippen LogP contribution in [-0.2, 0) is 0 Å². The molecule has 0 amide bonds. The number of ether oxygens (including phenoxy) is 1. The van der Waals surface area contributed by atoms with Gasteiger partial charge in [-0.2, -0.15) is 13.2 Å². The largest absolute Gasteiger partial charge is 0.493 e. The first-order valence-electron chi connectivity index (χ1n) is 14.6. The van der Waals surface area contributed by atoms with Gasteiger partial charge in [-0.1, -0.05) is 63.5 Å². The Bertz CT molecular complexity index is 1690. The molecule has 0 aliphatic heterocycles. The minimum atomic E-state index is -4.93. The molecule has 0 spiro atoms. The highest BCUT2D eigenvalue weighted by molar-refractivity contribution is 5.93. The molecular weight excluding hydrogens is 569 g/mol. The van der Waals surface area contributed by atoms with Crippen molar-refractivity contribution in [3.8, 4) is 28.7 Å². The van der Waals surface area contributed by atoms with Gasteiger partial charge in [0, 0.05) is 16.7 Å². The summed E-state index contributed by atoms with van der Waals surface area (Å²) in [6.07, 6.45) is 4.79. The van der Waals surface area contributed by atoms with E-state index in [1.807, 2.05) is 0 Å². The number of hydrogen-bond acceptors (Lipinski definition) is 1. The quantitative estimate of drug-likeness (QED) is 0.111. The average Bonchev–Trinajstić information content (AvgIpc) is 2.96. The molecule has 1 fully saturated rings. The maximum absolute atomic E-state index is 15.7. The zero-order valence-corrected chi connectivity index (χ0v) is 23.7. The number of alkyl halides is 3. The molecule has 1 aliphatic rings. The number of benzene rings is 4. The molecule has 1 saturated carbocycles. The number of halogens is 7. The smallest absolute Gasteiger partial charge is 0.458 e. The van der Waals surface area contributed by atoms with Crippen molar-refractivity contribution in [1.82, 2.24) is 0 Å². The van der Waals surface area contributed by atoms with Crippen molar-refractivity contribution in [1.29, 1.82) is 0 Å². The van der Waals surface area contributed by atoms with Crippen molar-refractivity contribution in [3.63, 3.8) is 0 Å². The molecule has 5 rings (SSSR count). The lowest BCUT2D eigenvalue weighted by Gasteiger charge is -2.28. The molecule has 4 aromatic rings. The highest BCUT2D eigenvalue weighted by atomic mass is 19.4. The Morgan fingerprint density at radius 2 is 1.42 bits per heavy atom. The molecule has 0 atom stereocenters. The van der Waals surface area contributed by atoms with Crippen LogP contribution in [-0.4, -0.2) is 12.8 Å². The van der Waals surface area contributed by atoms with E-state index < -0.39 is 35.0 Å². The molecule has 0 saturated heterocycles. The Kier molecular flexibility index (Phi) is 9.19. The van der Waals surface area contributed by atoms with Gasteiger partial charge in [0.05, 0.1) is 17.7 Å². The van der Waals surface area contributed by atoms with E-state index in [4.69, 9.17) is 4.74 Å². The molecule has 0 radical (unpaired) electrons. The fourth-order valence-corrected chi connectivity index (χ4v) is 5.98. The monoisotopic (exact) mass is 600 g/mol. The predicted molar refractivity (Wildman–Crippen MR) is 155 cm³/mol. The minimum absolute atomic E-state index is 0.0166. The van der Waals surface area contributed by atoms with E-state index in [-0.39, 0.29) is 27.3 Å². The summed E-state index contributed by atoms with van der Waals surface area (Å²) >= 11 is 0. The molecule has 226 valence electrons. The van der Waals surface area contributed by atoms with Crippen LogP contribution in [0.2, 0.25) is 0 Å². The summed E-state index contributed by atoms with van der Waals surface area (Å²) in [5.41, 5.74) is -1.41. The van der Waals surface area contributed by atoms with E-state index in [1.54, 1.807) is 12.1 Å². The van der Waals surface area contributed by atoms with Crippen molar-refractivity contribution in [3.05, 3.63) is 77.4 Å². The highest BCUT2D eigenvalue weighted by Gasteiger charge is 2.25. The van der Waals surface area contributed by atoms with Crippen molar-refractivity contribution in [2.75, 3.05) is 6.61 Å². The summed E-state index contributed by atoms with van der Waals surface area (Å²) in [7, 11) is 0. The normalized spacial score (nSPS) is 17.2. The number of unbranched alkanes of at least 4 members (excludes halogenated alkanes) is 2. The Hall–Kier alpha value is -3.73. The zero-order valence-electron chi connectivity index (χ0n) is 23.7. The zero-order chi connectivity index (χ0) is 30.7. The van der Waals surface area contributed by atoms with E-state index in [0.717, 1.165) is 36.8 Å². The fraction of sp³-hybridized carbons (Fsp3) is 0.371. The summed E-state index contributed by atoms with van der Waals surface area (Å²) in [4.78, 5) is 0. The van der Waals surface area contributed by atoms with Gasteiger partial charge in [-0.25, -0.2) is 17.6 Å². The number of hydrogen-bond donors (Lipinski definition) is 0. The van der Waals surface area contributed by atoms with E-state index in [9.17, 15) is 22.0 Å². The second-order valence-electron chi connectivity index (χ2n) is 11.4. The van der Waals surface area contributed by atoms with Gasteiger partial charge >= 0.3 is 6.18 Å². The lowest BCUT2D eigenvalue weighted by Crippen LogP contribution is -2.20. The Morgan fingerprint density at radius 1 is 0.767 bits per heavy atom. The molecule has 0 N–H and O–H groups in total. The van der Waals surface area contributed by atoms with Crippen LogP contribution in [0.4, 0.5) is 30.7 Å². The molecule has 0 bridgehead atoms. The van der Waals surface area contributed by atoms with Crippen LogP contribution in [0.15, 0.2) is 48.5 Å².